The Morgan fingerprint density at radius 1 is 1.05 bits per heavy atom. The molecule has 0 saturated carbocycles. The van der Waals surface area contributed by atoms with Crippen LogP contribution in [0.5, 0.6) is 0 Å². The molecular weight excluding hydrogens is 506 g/mol. The number of carbonyl (C=O) groups is 1. The summed E-state index contributed by atoms with van der Waals surface area (Å²) in [4.78, 5) is 11.9. The summed E-state index contributed by atoms with van der Waals surface area (Å²) in [7, 11) is -4.50. The van der Waals surface area contributed by atoms with Gasteiger partial charge in [0.1, 0.15) is 10.1 Å². The molecule has 9 heteroatoms. The van der Waals surface area contributed by atoms with Gasteiger partial charge in [-0.3, -0.25) is 4.79 Å². The molecule has 1 N–H and O–H groups in total. The van der Waals surface area contributed by atoms with E-state index in [1.54, 1.807) is 12.1 Å². The van der Waals surface area contributed by atoms with Crippen LogP contribution in [0.4, 0.5) is 5.69 Å². The fourth-order valence-electron chi connectivity index (χ4n) is 1.62. The first-order chi connectivity index (χ1) is 10.2. The topological polar surface area (TPSA) is 86.3 Å². The number of amides is 1. The fourth-order valence-corrected chi connectivity index (χ4v) is 3.73. The fraction of sp³-hybridized carbons (Fsp3) is 0. The lowest BCUT2D eigenvalue weighted by atomic mass is 10.2. The molecule has 2 aromatic rings. The summed E-state index contributed by atoms with van der Waals surface area (Å²) >= 11 is 9.94. The Morgan fingerprint density at radius 2 is 1.64 bits per heavy atom. The van der Waals surface area contributed by atoms with Crippen molar-refractivity contribution in [2.75, 3.05) is 5.32 Å². The lowest BCUT2D eigenvalue weighted by Gasteiger charge is -2.10. The summed E-state index contributed by atoms with van der Waals surface area (Å²) in [5.74, 6) is -0.383. The quantitative estimate of drug-likeness (QED) is 0.495. The molecule has 22 heavy (non-hydrogen) atoms. The Morgan fingerprint density at radius 3 is 2.18 bits per heavy atom. The highest BCUT2D eigenvalue weighted by atomic mass is 79.9. The number of anilines is 1. The maximum atomic E-state index is 12.3. The van der Waals surface area contributed by atoms with Gasteiger partial charge in [-0.2, -0.15) is 0 Å². The molecule has 0 aliphatic heterocycles. The summed E-state index contributed by atoms with van der Waals surface area (Å²) in [5, 5.41) is 2.62. The molecule has 0 bridgehead atoms. The van der Waals surface area contributed by atoms with E-state index in [-0.39, 0.29) is 10.8 Å². The maximum Gasteiger partial charge on any atom is 0.256 e. The molecule has 5 nitrogen and oxygen atoms in total. The molecule has 0 radical (unpaired) electrons. The van der Waals surface area contributed by atoms with Crippen LogP contribution in [-0.2, 0) is 10.1 Å². The van der Waals surface area contributed by atoms with Crippen LogP contribution in [0.1, 0.15) is 10.4 Å². The van der Waals surface area contributed by atoms with E-state index in [9.17, 15) is 17.8 Å². The van der Waals surface area contributed by atoms with Crippen LogP contribution in [0.3, 0.4) is 0 Å². The minimum atomic E-state index is -4.50. The van der Waals surface area contributed by atoms with Crippen LogP contribution in [-0.4, -0.2) is 18.9 Å². The molecule has 116 valence electrons. The van der Waals surface area contributed by atoms with Gasteiger partial charge in [-0.1, -0.05) is 15.9 Å². The second-order valence-electron chi connectivity index (χ2n) is 4.18. The van der Waals surface area contributed by atoms with Gasteiger partial charge in [-0.15, -0.1) is 0 Å². The van der Waals surface area contributed by atoms with Crippen LogP contribution < -0.4 is 5.32 Å². The van der Waals surface area contributed by atoms with Crippen molar-refractivity contribution >= 4 is 69.5 Å². The zero-order valence-corrected chi connectivity index (χ0v) is 16.2. The number of nitrogens with one attached hydrogen (secondary N) is 1. The lowest BCUT2D eigenvalue weighted by Crippen LogP contribution is -2.13. The van der Waals surface area contributed by atoms with Crippen molar-refractivity contribution in [3.05, 3.63) is 55.4 Å². The molecule has 1 amide bonds. The van der Waals surface area contributed by atoms with E-state index in [0.717, 1.165) is 16.6 Å². The van der Waals surface area contributed by atoms with Gasteiger partial charge < -0.3 is 9.87 Å². The van der Waals surface area contributed by atoms with E-state index in [1.807, 2.05) is 0 Å². The molecule has 2 aromatic carbocycles. The van der Waals surface area contributed by atoms with E-state index in [1.165, 1.54) is 12.1 Å². The monoisotopic (exact) mass is 510 g/mol. The largest absolute Gasteiger partial charge is 0.744 e. The minimum Gasteiger partial charge on any atom is -0.744 e. The molecule has 0 aliphatic carbocycles. The second kappa shape index (κ2) is 6.79. The van der Waals surface area contributed by atoms with Gasteiger partial charge in [0.05, 0.1) is 10.5 Å². The first kappa shape index (κ1) is 17.6. The van der Waals surface area contributed by atoms with E-state index in [2.05, 4.69) is 53.1 Å². The molecule has 0 fully saturated rings. The maximum absolute atomic E-state index is 12.3. The number of rotatable bonds is 3. The number of hydrogen-bond acceptors (Lipinski definition) is 4. The standard InChI is InChI=1S/C13H8Br3NO4S/c14-7-5-10(12(16)11(15)6-7)13(18)17-8-1-3-9(4-2-8)22(19,20)21/h1-6H,(H,17,18)(H,19,20,21)/p-1. The number of hydrogen-bond donors (Lipinski definition) is 1. The predicted octanol–water partition coefficient (Wildman–Crippen LogP) is 4.13. The Bertz CT molecular complexity index is 835. The molecule has 0 aliphatic rings. The highest BCUT2D eigenvalue weighted by Gasteiger charge is 2.14. The molecular formula is C13H7Br3NO4S-. The van der Waals surface area contributed by atoms with Crippen molar-refractivity contribution in [3.63, 3.8) is 0 Å². The molecule has 0 atom stereocenters. The van der Waals surface area contributed by atoms with Crippen LogP contribution in [0, 0.1) is 0 Å². The zero-order valence-electron chi connectivity index (χ0n) is 10.6. The van der Waals surface area contributed by atoms with Gasteiger partial charge in [0.2, 0.25) is 0 Å². The normalized spacial score (nSPS) is 11.3. The molecule has 0 unspecified atom stereocenters. The van der Waals surface area contributed by atoms with Crippen molar-refractivity contribution in [1.82, 2.24) is 0 Å². The van der Waals surface area contributed by atoms with E-state index in [0.29, 0.717) is 20.2 Å². The highest BCUT2D eigenvalue weighted by molar-refractivity contribution is 9.13. The Balaban J connectivity index is 2.26. The third kappa shape index (κ3) is 4.17. The minimum absolute atomic E-state index is 0.350. The van der Waals surface area contributed by atoms with Crippen LogP contribution in [0.2, 0.25) is 0 Å². The third-order valence-electron chi connectivity index (χ3n) is 2.64. The van der Waals surface area contributed by atoms with E-state index < -0.39 is 10.1 Å². The van der Waals surface area contributed by atoms with Gasteiger partial charge >= 0.3 is 0 Å². The van der Waals surface area contributed by atoms with Crippen LogP contribution in [0.15, 0.2) is 54.7 Å². The predicted molar refractivity (Wildman–Crippen MR) is 91.9 cm³/mol. The number of benzene rings is 2. The first-order valence-electron chi connectivity index (χ1n) is 5.70. The second-order valence-corrected chi connectivity index (χ2v) is 8.12. The van der Waals surface area contributed by atoms with Gasteiger partial charge in [0, 0.05) is 19.1 Å². The summed E-state index contributed by atoms with van der Waals surface area (Å²) in [6.07, 6.45) is 0. The average Bonchev–Trinajstić information content (AvgIpc) is 2.42. The molecule has 0 saturated heterocycles. The van der Waals surface area contributed by atoms with Gasteiger partial charge in [-0.05, 0) is 68.3 Å². The van der Waals surface area contributed by atoms with Crippen molar-refractivity contribution < 1.29 is 17.8 Å². The molecule has 0 spiro atoms. The summed E-state index contributed by atoms with van der Waals surface area (Å²) in [5.41, 5.74) is 0.766. The summed E-state index contributed by atoms with van der Waals surface area (Å²) in [6, 6.07) is 8.41. The smallest absolute Gasteiger partial charge is 0.256 e. The Hall–Kier alpha value is -0.740. The zero-order chi connectivity index (χ0) is 16.5. The van der Waals surface area contributed by atoms with Gasteiger partial charge in [0.25, 0.3) is 5.91 Å². The molecule has 0 heterocycles. The summed E-state index contributed by atoms with van der Waals surface area (Å²) < 4.78 is 34.6. The summed E-state index contributed by atoms with van der Waals surface area (Å²) in [6.45, 7) is 0. The Labute approximate surface area is 152 Å². The van der Waals surface area contributed by atoms with E-state index >= 15 is 0 Å². The van der Waals surface area contributed by atoms with Crippen LogP contribution in [0.25, 0.3) is 0 Å². The van der Waals surface area contributed by atoms with Crippen LogP contribution >= 0.6 is 47.8 Å². The SMILES string of the molecule is O=C(Nc1ccc(S(=O)(=O)[O-])cc1)c1cc(Br)cc(Br)c1Br. The molecule has 0 aromatic heterocycles. The van der Waals surface area contributed by atoms with Crippen molar-refractivity contribution in [3.8, 4) is 0 Å². The highest BCUT2D eigenvalue weighted by Crippen LogP contribution is 2.31. The number of halogens is 3. The third-order valence-corrected chi connectivity index (χ3v) is 5.96. The van der Waals surface area contributed by atoms with Crippen molar-refractivity contribution in [2.45, 2.75) is 4.90 Å². The van der Waals surface area contributed by atoms with Gasteiger partial charge in [-0.25, -0.2) is 8.42 Å². The Kier molecular flexibility index (Phi) is 5.44. The first-order valence-corrected chi connectivity index (χ1v) is 9.49. The van der Waals surface area contributed by atoms with Crippen molar-refractivity contribution in [2.24, 2.45) is 0 Å². The average molecular weight is 513 g/mol. The van der Waals surface area contributed by atoms with Gasteiger partial charge in [0.15, 0.2) is 0 Å². The number of carbonyl (C=O) groups excluding carboxylic acids is 1. The molecule has 2 rings (SSSR count). The van der Waals surface area contributed by atoms with Crippen molar-refractivity contribution in [1.29, 1.82) is 0 Å². The van der Waals surface area contributed by atoms with E-state index in [4.69, 9.17) is 0 Å². The lowest BCUT2D eigenvalue weighted by molar-refractivity contribution is 0.102.